The van der Waals surface area contributed by atoms with Crippen LogP contribution in [0.3, 0.4) is 0 Å². The number of hydrogen-bond donors (Lipinski definition) is 0. The molecule has 0 spiro atoms. The Balaban J connectivity index is 1.10. The Bertz CT molecular complexity index is 1710. The van der Waals surface area contributed by atoms with Gasteiger partial charge in [-0.05, 0) is 110 Å². The van der Waals surface area contributed by atoms with E-state index in [-0.39, 0.29) is 75.0 Å². The Morgan fingerprint density at radius 2 is 1.19 bits per heavy atom. The van der Waals surface area contributed by atoms with Gasteiger partial charge >= 0.3 is 23.9 Å². The summed E-state index contributed by atoms with van der Waals surface area (Å²) >= 11 is 0. The van der Waals surface area contributed by atoms with E-state index >= 15 is 4.79 Å². The van der Waals surface area contributed by atoms with Crippen molar-refractivity contribution in [1.29, 1.82) is 0 Å². The predicted molar refractivity (Wildman–Crippen MR) is 226 cm³/mol. The second-order valence-electron chi connectivity index (χ2n) is 26.6. The summed E-state index contributed by atoms with van der Waals surface area (Å²) in [4.78, 5) is 56.4. The molecule has 0 N–H and O–H groups in total. The molecule has 4 heterocycles. The van der Waals surface area contributed by atoms with Crippen molar-refractivity contribution >= 4 is 23.9 Å². The van der Waals surface area contributed by atoms with E-state index in [2.05, 4.69) is 90.0 Å². The van der Waals surface area contributed by atoms with Crippen LogP contribution in [0, 0.1) is 55.2 Å². The summed E-state index contributed by atoms with van der Waals surface area (Å²) in [6.45, 7) is 28.8. The normalized spacial score (nSPS) is 41.3. The van der Waals surface area contributed by atoms with Crippen LogP contribution in [0.15, 0.2) is 0 Å². The number of fused-ring (bicyclic) bond motifs is 2. The average molecular weight is 825 g/mol. The molecule has 5 aliphatic carbocycles. The molecule has 8 bridgehead atoms. The van der Waals surface area contributed by atoms with Crippen molar-refractivity contribution in [3.63, 3.8) is 0 Å². The van der Waals surface area contributed by atoms with Crippen molar-refractivity contribution in [2.45, 2.75) is 228 Å². The predicted octanol–water partition coefficient (Wildman–Crippen LogP) is 10.9. The number of carbonyl (C=O) groups excluding carboxylic acids is 4. The van der Waals surface area contributed by atoms with Crippen molar-refractivity contribution < 1.29 is 42.9 Å². The van der Waals surface area contributed by atoms with E-state index in [0.717, 1.165) is 57.8 Å². The monoisotopic (exact) mass is 825 g/mol. The molecule has 9 heteroatoms. The largest absolute Gasteiger partial charge is 0.462 e. The van der Waals surface area contributed by atoms with E-state index < -0.39 is 33.0 Å². The lowest BCUT2D eigenvalue weighted by atomic mass is 9.44. The molecule has 0 radical (unpaired) electrons. The number of esters is 4. The van der Waals surface area contributed by atoms with Crippen LogP contribution in [0.4, 0.5) is 0 Å². The Morgan fingerprint density at radius 3 is 1.71 bits per heavy atom. The highest BCUT2D eigenvalue weighted by molar-refractivity contribution is 5.81. The topological polar surface area (TPSA) is 114 Å². The fourth-order valence-corrected chi connectivity index (χ4v) is 14.7. The van der Waals surface area contributed by atoms with E-state index in [1.54, 1.807) is 7.11 Å². The van der Waals surface area contributed by atoms with Gasteiger partial charge in [-0.1, -0.05) is 83.1 Å². The van der Waals surface area contributed by atoms with Crippen molar-refractivity contribution in [2.75, 3.05) is 7.11 Å². The second-order valence-corrected chi connectivity index (χ2v) is 26.6. The van der Waals surface area contributed by atoms with E-state index in [1.165, 1.54) is 0 Å². The molecule has 0 aromatic rings. The van der Waals surface area contributed by atoms with Crippen molar-refractivity contribution in [3.05, 3.63) is 0 Å². The van der Waals surface area contributed by atoms with Gasteiger partial charge in [-0.15, -0.1) is 0 Å². The number of methoxy groups -OCH3 is 1. The highest BCUT2D eigenvalue weighted by atomic mass is 16.6. The summed E-state index contributed by atoms with van der Waals surface area (Å²) < 4.78 is 31.9. The minimum Gasteiger partial charge on any atom is -0.462 e. The minimum atomic E-state index is -0.832. The van der Waals surface area contributed by atoms with Crippen LogP contribution in [0.5, 0.6) is 0 Å². The van der Waals surface area contributed by atoms with Crippen LogP contribution < -0.4 is 0 Å². The third kappa shape index (κ3) is 8.16. The number of hydrogen-bond acceptors (Lipinski definition) is 9. The molecule has 5 saturated carbocycles. The summed E-state index contributed by atoms with van der Waals surface area (Å²) in [5.41, 5.74) is -4.58. The first-order chi connectivity index (χ1) is 26.8. The van der Waals surface area contributed by atoms with E-state index in [9.17, 15) is 14.4 Å². The molecule has 9 rings (SSSR count). The SMILES string of the molecule is COC12CC3CC(OC(=O)C(C)(CC(C)(C)CCC4(C)CCC4(CC(C)(C)C)C(=O)OC45CC6CC(CC(C)(C)C)(CC(C4)C(=O)O6)C5)C(C)(C)C)(CC(C1)C(=O)O3)C2. The first kappa shape index (κ1) is 44.9. The van der Waals surface area contributed by atoms with Gasteiger partial charge in [0.05, 0.1) is 28.3 Å². The van der Waals surface area contributed by atoms with Gasteiger partial charge in [-0.3, -0.25) is 19.2 Å². The standard InChI is InChI=1S/C50H80O9/c1-40(2,3)27-46-19-32-21-48(30-46,25-34(23-46)56-36(32)51)59-39(54)50(28-41(4,5)6)18-17-44(50,12)16-15-43(10,11)29-45(13,42(7,8)9)38(53)58-49-22-33-20-47(31-49,55-14)24-35(26-49)57-37(33)52/h32-35H,15-31H2,1-14H3. The molecule has 11 unspecified atom stereocenters. The molecule has 59 heavy (non-hydrogen) atoms. The molecule has 4 saturated heterocycles. The average Bonchev–Trinajstić information content (AvgIpc) is 3.30. The minimum absolute atomic E-state index is 0.0766. The first-order valence-electron chi connectivity index (χ1n) is 23.2. The second kappa shape index (κ2) is 13.9. The Kier molecular flexibility index (Phi) is 10.6. The van der Waals surface area contributed by atoms with E-state index in [1.807, 2.05) is 0 Å². The molecule has 0 aromatic carbocycles. The van der Waals surface area contributed by atoms with Crippen molar-refractivity contribution in [2.24, 2.45) is 55.2 Å². The van der Waals surface area contributed by atoms with Gasteiger partial charge in [0.25, 0.3) is 0 Å². The summed E-state index contributed by atoms with van der Waals surface area (Å²) in [7, 11) is 1.71. The summed E-state index contributed by atoms with van der Waals surface area (Å²) in [5, 5.41) is 0. The molecule has 9 aliphatic rings. The zero-order chi connectivity index (χ0) is 43.7. The van der Waals surface area contributed by atoms with Crippen LogP contribution in [-0.2, 0) is 42.9 Å². The smallest absolute Gasteiger partial charge is 0.313 e. The zero-order valence-electron chi connectivity index (χ0n) is 39.5. The molecule has 334 valence electrons. The van der Waals surface area contributed by atoms with Gasteiger partial charge in [-0.25, -0.2) is 0 Å². The first-order valence-corrected chi connectivity index (χ1v) is 23.2. The lowest BCUT2D eigenvalue weighted by molar-refractivity contribution is -0.220. The quantitative estimate of drug-likeness (QED) is 0.140. The molecule has 0 aromatic heterocycles. The van der Waals surface area contributed by atoms with Crippen LogP contribution in [0.1, 0.15) is 199 Å². The van der Waals surface area contributed by atoms with Gasteiger partial charge in [0.15, 0.2) is 0 Å². The van der Waals surface area contributed by atoms with E-state index in [0.29, 0.717) is 51.4 Å². The molecular weight excluding hydrogens is 745 g/mol. The maximum Gasteiger partial charge on any atom is 0.313 e. The molecular formula is C50H80O9. The lowest BCUT2D eigenvalue weighted by Crippen LogP contribution is -2.61. The summed E-state index contributed by atoms with van der Waals surface area (Å²) in [6, 6.07) is 0. The highest BCUT2D eigenvalue weighted by Crippen LogP contribution is 2.67. The Morgan fingerprint density at radius 1 is 0.661 bits per heavy atom. The van der Waals surface area contributed by atoms with Gasteiger partial charge in [0.2, 0.25) is 0 Å². The number of carbonyl (C=O) groups is 4. The molecule has 11 atom stereocenters. The molecule has 9 fully saturated rings. The summed E-state index contributed by atoms with van der Waals surface area (Å²) in [6.07, 6.45) is 11.7. The number of ether oxygens (including phenoxy) is 5. The Hall–Kier alpha value is -2.16. The van der Waals surface area contributed by atoms with Crippen LogP contribution in [-0.4, -0.2) is 60.0 Å². The van der Waals surface area contributed by atoms with E-state index in [4.69, 9.17) is 23.7 Å². The lowest BCUT2D eigenvalue weighted by Gasteiger charge is -2.61. The maximum atomic E-state index is 15.2. The third-order valence-corrected chi connectivity index (χ3v) is 17.3. The maximum absolute atomic E-state index is 15.2. The number of rotatable bonds is 12. The molecule has 0 amide bonds. The third-order valence-electron chi connectivity index (χ3n) is 17.3. The summed E-state index contributed by atoms with van der Waals surface area (Å²) in [5.74, 6) is -1.15. The zero-order valence-corrected chi connectivity index (χ0v) is 39.5. The van der Waals surface area contributed by atoms with Crippen LogP contribution in [0.25, 0.3) is 0 Å². The molecule has 9 nitrogen and oxygen atoms in total. The van der Waals surface area contributed by atoms with Crippen LogP contribution >= 0.6 is 0 Å². The fraction of sp³-hybridized carbons (Fsp3) is 0.920. The highest BCUT2D eigenvalue weighted by Gasteiger charge is 2.67. The van der Waals surface area contributed by atoms with Crippen LogP contribution in [0.2, 0.25) is 0 Å². The van der Waals surface area contributed by atoms with Gasteiger partial charge < -0.3 is 23.7 Å². The van der Waals surface area contributed by atoms with Gasteiger partial charge in [0.1, 0.15) is 23.4 Å². The van der Waals surface area contributed by atoms with Gasteiger partial charge in [0, 0.05) is 45.6 Å². The fourth-order valence-electron chi connectivity index (χ4n) is 14.7. The Labute approximate surface area is 356 Å². The van der Waals surface area contributed by atoms with Crippen molar-refractivity contribution in [1.82, 2.24) is 0 Å². The molecule has 4 aliphatic heterocycles. The van der Waals surface area contributed by atoms with Crippen molar-refractivity contribution in [3.8, 4) is 0 Å². The van der Waals surface area contributed by atoms with Gasteiger partial charge in [-0.2, -0.15) is 0 Å².